The van der Waals surface area contributed by atoms with Crippen LogP contribution in [0, 0.1) is 19.3 Å². The van der Waals surface area contributed by atoms with E-state index in [4.69, 9.17) is 14.2 Å². The molecule has 2 aromatic carbocycles. The Morgan fingerprint density at radius 1 is 0.862 bits per heavy atom. The van der Waals surface area contributed by atoms with E-state index in [1.807, 2.05) is 32.0 Å². The first-order valence-corrected chi connectivity index (χ1v) is 9.35. The lowest BCUT2D eigenvalue weighted by Gasteiger charge is -2.18. The number of hydrogen-bond acceptors (Lipinski definition) is 5. The van der Waals surface area contributed by atoms with Crippen LogP contribution in [0.25, 0.3) is 0 Å². The highest BCUT2D eigenvalue weighted by molar-refractivity contribution is 6.17. The number of aryl methyl sites for hydroxylation is 2. The number of hydrogen-bond donors (Lipinski definition) is 2. The maximum absolute atomic E-state index is 12.9. The van der Waals surface area contributed by atoms with Gasteiger partial charge in [-0.2, -0.15) is 0 Å². The van der Waals surface area contributed by atoms with Gasteiger partial charge in [0.15, 0.2) is 11.5 Å². The quantitative estimate of drug-likeness (QED) is 0.695. The minimum absolute atomic E-state index is 0.295. The van der Waals surface area contributed by atoms with E-state index >= 15 is 0 Å². The Kier molecular flexibility index (Phi) is 5.68. The Balaban J connectivity index is 1.80. The molecule has 7 heteroatoms. The van der Waals surface area contributed by atoms with E-state index in [-0.39, 0.29) is 11.8 Å². The normalized spacial score (nSPS) is 14.0. The van der Waals surface area contributed by atoms with Crippen molar-refractivity contribution in [1.29, 1.82) is 0 Å². The topological polar surface area (TPSA) is 85.9 Å². The number of nitrogens with one attached hydrogen (secondary N) is 2. The molecule has 0 atom stereocenters. The van der Waals surface area contributed by atoms with Gasteiger partial charge in [0.05, 0.1) is 21.3 Å². The van der Waals surface area contributed by atoms with Crippen LogP contribution >= 0.6 is 0 Å². The van der Waals surface area contributed by atoms with Crippen molar-refractivity contribution in [3.63, 3.8) is 0 Å². The zero-order valence-electron chi connectivity index (χ0n) is 17.3. The molecule has 0 bridgehead atoms. The molecule has 0 saturated heterocycles. The van der Waals surface area contributed by atoms with Gasteiger partial charge in [0.2, 0.25) is 17.6 Å². The first-order valence-electron chi connectivity index (χ1n) is 9.35. The lowest BCUT2D eigenvalue weighted by atomic mass is 10.0. The molecule has 154 valence electrons. The summed E-state index contributed by atoms with van der Waals surface area (Å²) < 4.78 is 15.9. The molecular formula is C22H26N2O5. The van der Waals surface area contributed by atoms with Crippen LogP contribution in [0.5, 0.6) is 17.2 Å². The van der Waals surface area contributed by atoms with Crippen LogP contribution in [0.2, 0.25) is 0 Å². The van der Waals surface area contributed by atoms with Crippen LogP contribution in [0.3, 0.4) is 0 Å². The van der Waals surface area contributed by atoms with Crippen molar-refractivity contribution < 1.29 is 23.8 Å². The Labute approximate surface area is 170 Å². The Morgan fingerprint density at radius 3 is 1.97 bits per heavy atom. The molecule has 0 unspecified atom stereocenters. The second kappa shape index (κ2) is 8.03. The van der Waals surface area contributed by atoms with Gasteiger partial charge in [-0.05, 0) is 43.9 Å². The number of amides is 2. The molecule has 1 aliphatic rings. The number of methoxy groups -OCH3 is 3. The third kappa shape index (κ3) is 3.99. The lowest BCUT2D eigenvalue weighted by molar-refractivity contribution is -0.131. The average Bonchev–Trinajstić information content (AvgIpc) is 3.52. The number of anilines is 2. The predicted molar refractivity (Wildman–Crippen MR) is 111 cm³/mol. The van der Waals surface area contributed by atoms with Crippen molar-refractivity contribution in [2.24, 2.45) is 5.41 Å². The molecular weight excluding hydrogens is 372 g/mol. The van der Waals surface area contributed by atoms with Crippen LogP contribution in [0.15, 0.2) is 30.3 Å². The van der Waals surface area contributed by atoms with Gasteiger partial charge in [0, 0.05) is 23.5 Å². The van der Waals surface area contributed by atoms with Gasteiger partial charge in [-0.15, -0.1) is 0 Å². The van der Waals surface area contributed by atoms with Gasteiger partial charge in [-0.1, -0.05) is 12.1 Å². The molecule has 2 N–H and O–H groups in total. The third-order valence-corrected chi connectivity index (χ3v) is 5.18. The number of benzene rings is 2. The molecule has 29 heavy (non-hydrogen) atoms. The summed E-state index contributed by atoms with van der Waals surface area (Å²) in [5, 5.41) is 5.74. The highest BCUT2D eigenvalue weighted by Gasteiger charge is 2.56. The van der Waals surface area contributed by atoms with Gasteiger partial charge in [-0.3, -0.25) is 9.59 Å². The number of carbonyl (C=O) groups is 2. The lowest BCUT2D eigenvalue weighted by Crippen LogP contribution is -2.35. The highest BCUT2D eigenvalue weighted by Crippen LogP contribution is 2.48. The summed E-state index contributed by atoms with van der Waals surface area (Å²) in [7, 11) is 4.52. The first-order chi connectivity index (χ1) is 13.8. The molecule has 1 aliphatic carbocycles. The van der Waals surface area contributed by atoms with Crippen molar-refractivity contribution in [2.45, 2.75) is 26.7 Å². The summed E-state index contributed by atoms with van der Waals surface area (Å²) in [6.07, 6.45) is 1.000. The highest BCUT2D eigenvalue weighted by atomic mass is 16.5. The minimum Gasteiger partial charge on any atom is -0.493 e. The average molecular weight is 398 g/mol. The fourth-order valence-corrected chi connectivity index (χ4v) is 3.20. The second-order valence-electron chi connectivity index (χ2n) is 7.22. The van der Waals surface area contributed by atoms with Crippen LogP contribution in [0.1, 0.15) is 24.0 Å². The number of rotatable bonds is 7. The molecule has 2 amide bonds. The summed E-state index contributed by atoms with van der Waals surface area (Å²) in [5.74, 6) is 0.631. The molecule has 2 aromatic rings. The summed E-state index contributed by atoms with van der Waals surface area (Å²) in [6.45, 7) is 3.88. The second-order valence-corrected chi connectivity index (χ2v) is 7.22. The van der Waals surface area contributed by atoms with E-state index in [0.717, 1.165) is 16.8 Å². The van der Waals surface area contributed by atoms with Crippen LogP contribution in [-0.4, -0.2) is 33.1 Å². The summed E-state index contributed by atoms with van der Waals surface area (Å²) >= 11 is 0. The van der Waals surface area contributed by atoms with E-state index in [9.17, 15) is 9.59 Å². The van der Waals surface area contributed by atoms with Crippen molar-refractivity contribution in [3.05, 3.63) is 41.5 Å². The van der Waals surface area contributed by atoms with Crippen LogP contribution in [-0.2, 0) is 9.59 Å². The van der Waals surface area contributed by atoms with Crippen LogP contribution in [0.4, 0.5) is 11.4 Å². The Bertz CT molecular complexity index is 925. The molecule has 0 spiro atoms. The van der Waals surface area contributed by atoms with Crippen molar-refractivity contribution in [3.8, 4) is 17.2 Å². The van der Waals surface area contributed by atoms with E-state index in [0.29, 0.717) is 35.8 Å². The minimum atomic E-state index is -1.07. The molecule has 7 nitrogen and oxygen atoms in total. The molecule has 0 heterocycles. The first kappa shape index (κ1) is 20.5. The van der Waals surface area contributed by atoms with E-state index in [1.165, 1.54) is 21.3 Å². The zero-order valence-corrected chi connectivity index (χ0v) is 17.3. The SMILES string of the molecule is COc1cc(NC(=O)C2(C(=O)Nc3cc(C)ccc3C)CC2)cc(OC)c1OC. The molecule has 0 aliphatic heterocycles. The van der Waals surface area contributed by atoms with E-state index < -0.39 is 5.41 Å². The molecule has 1 fully saturated rings. The van der Waals surface area contributed by atoms with Gasteiger partial charge in [-0.25, -0.2) is 0 Å². The predicted octanol–water partition coefficient (Wildman–Crippen LogP) is 3.69. The van der Waals surface area contributed by atoms with Crippen molar-refractivity contribution in [1.82, 2.24) is 0 Å². The number of ether oxygens (including phenoxy) is 3. The Morgan fingerprint density at radius 2 is 1.45 bits per heavy atom. The smallest absolute Gasteiger partial charge is 0.240 e. The van der Waals surface area contributed by atoms with E-state index in [1.54, 1.807) is 12.1 Å². The largest absolute Gasteiger partial charge is 0.493 e. The molecule has 1 saturated carbocycles. The van der Waals surface area contributed by atoms with Gasteiger partial charge < -0.3 is 24.8 Å². The van der Waals surface area contributed by atoms with Gasteiger partial charge in [0.25, 0.3) is 0 Å². The van der Waals surface area contributed by atoms with Gasteiger partial charge in [0.1, 0.15) is 5.41 Å². The fourth-order valence-electron chi connectivity index (χ4n) is 3.20. The monoisotopic (exact) mass is 398 g/mol. The summed E-state index contributed by atoms with van der Waals surface area (Å²) in [4.78, 5) is 25.8. The molecule has 0 aromatic heterocycles. The summed E-state index contributed by atoms with van der Waals surface area (Å²) in [6, 6.07) is 9.10. The molecule has 0 radical (unpaired) electrons. The van der Waals surface area contributed by atoms with Crippen LogP contribution < -0.4 is 24.8 Å². The van der Waals surface area contributed by atoms with Crippen molar-refractivity contribution in [2.75, 3.05) is 32.0 Å². The maximum atomic E-state index is 12.9. The van der Waals surface area contributed by atoms with Gasteiger partial charge >= 0.3 is 0 Å². The third-order valence-electron chi connectivity index (χ3n) is 5.18. The molecule has 3 rings (SSSR count). The Hall–Kier alpha value is -3.22. The zero-order chi connectivity index (χ0) is 21.2. The maximum Gasteiger partial charge on any atom is 0.240 e. The summed E-state index contributed by atoms with van der Waals surface area (Å²) in [5.41, 5.74) is 2.11. The van der Waals surface area contributed by atoms with E-state index in [2.05, 4.69) is 10.6 Å². The van der Waals surface area contributed by atoms with Crippen molar-refractivity contribution >= 4 is 23.2 Å². The standard InChI is InChI=1S/C22H26N2O5/c1-13-6-7-14(2)16(10-13)24-21(26)22(8-9-22)20(25)23-15-11-17(27-3)19(29-5)18(12-15)28-4/h6-7,10-12H,8-9H2,1-5H3,(H,23,25)(H,24,26). The number of carbonyl (C=O) groups excluding carboxylic acids is 2. The fraction of sp³-hybridized carbons (Fsp3) is 0.364.